The lowest BCUT2D eigenvalue weighted by Gasteiger charge is -2.23. The molecule has 2 aromatic rings. The van der Waals surface area contributed by atoms with Crippen molar-refractivity contribution in [1.82, 2.24) is 10.6 Å². The average Bonchev–Trinajstić information content (AvgIpc) is 2.73. The molecule has 1 atom stereocenters. The van der Waals surface area contributed by atoms with Crippen molar-refractivity contribution < 1.29 is 14.9 Å². The Morgan fingerprint density at radius 1 is 0.893 bits per heavy atom. The Labute approximate surface area is 166 Å². The minimum absolute atomic E-state index is 0.00967. The maximum atomic E-state index is 12.6. The van der Waals surface area contributed by atoms with Crippen molar-refractivity contribution in [3.05, 3.63) is 71.8 Å². The zero-order valence-corrected chi connectivity index (χ0v) is 16.4. The summed E-state index contributed by atoms with van der Waals surface area (Å²) in [6.45, 7) is 1.84. The lowest BCUT2D eigenvalue weighted by molar-refractivity contribution is -0.704. The van der Waals surface area contributed by atoms with Gasteiger partial charge in [0.25, 0.3) is 5.91 Å². The van der Waals surface area contributed by atoms with Gasteiger partial charge in [-0.25, -0.2) is 4.79 Å². The van der Waals surface area contributed by atoms with Crippen LogP contribution in [0.5, 0.6) is 0 Å². The molecule has 1 aliphatic carbocycles. The van der Waals surface area contributed by atoms with Crippen LogP contribution in [0.1, 0.15) is 56.2 Å². The molecular formula is C23H30N3O2+. The Bertz CT molecular complexity index is 718. The summed E-state index contributed by atoms with van der Waals surface area (Å²) in [6.07, 6.45) is 5.49. The predicted molar refractivity (Wildman–Crippen MR) is 110 cm³/mol. The molecule has 0 radical (unpaired) electrons. The molecule has 0 bridgehead atoms. The van der Waals surface area contributed by atoms with E-state index in [1.54, 1.807) is 0 Å². The molecule has 0 aromatic heterocycles. The summed E-state index contributed by atoms with van der Waals surface area (Å²) in [5.74, 6) is -0.273. The highest BCUT2D eigenvalue weighted by atomic mass is 16.2. The van der Waals surface area contributed by atoms with Gasteiger partial charge in [0, 0.05) is 17.2 Å². The Hall–Kier alpha value is -2.66. The fraction of sp³-hybridized carbons (Fsp3) is 0.391. The predicted octanol–water partition coefficient (Wildman–Crippen LogP) is 2.89. The maximum Gasteiger partial charge on any atom is 0.321 e. The number of nitrogens with one attached hydrogen (secondary N) is 2. The summed E-state index contributed by atoms with van der Waals surface area (Å²) in [7, 11) is 0. The molecule has 0 unspecified atom stereocenters. The number of hydrogen-bond acceptors (Lipinski definition) is 2. The molecule has 1 fully saturated rings. The molecule has 5 nitrogen and oxygen atoms in total. The van der Waals surface area contributed by atoms with E-state index < -0.39 is 6.04 Å². The van der Waals surface area contributed by atoms with E-state index in [1.807, 2.05) is 48.6 Å². The number of nitrogens with two attached hydrogens (primary N) is 1. The standard InChI is InChI=1S/C23H29N3O2/c1-17(22(27)26-23(28)25-20-15-9-4-10-16-20)24-21(18-11-5-2-6-12-18)19-13-7-3-8-14-19/h2-3,5-8,11-14,17,20-21,24H,4,9-10,15-16H2,1H3,(H2,25,26,27,28)/p+1/t17-/m0/s1. The molecular weight excluding hydrogens is 350 g/mol. The molecule has 148 valence electrons. The Morgan fingerprint density at radius 3 is 1.96 bits per heavy atom. The first-order chi connectivity index (χ1) is 13.6. The molecule has 0 spiro atoms. The Balaban J connectivity index is 1.62. The molecule has 0 aliphatic heterocycles. The highest BCUT2D eigenvalue weighted by molar-refractivity contribution is 5.96. The first kappa shape index (κ1) is 20.1. The van der Waals surface area contributed by atoms with Crippen LogP contribution in [0.2, 0.25) is 0 Å². The average molecular weight is 381 g/mol. The molecule has 3 amide bonds. The van der Waals surface area contributed by atoms with Crippen molar-refractivity contribution >= 4 is 11.9 Å². The molecule has 0 saturated heterocycles. The second-order valence-corrected chi connectivity index (χ2v) is 7.58. The maximum absolute atomic E-state index is 12.6. The van der Waals surface area contributed by atoms with E-state index in [9.17, 15) is 9.59 Å². The van der Waals surface area contributed by atoms with Crippen LogP contribution in [0, 0.1) is 0 Å². The summed E-state index contributed by atoms with van der Waals surface area (Å²) in [5.41, 5.74) is 2.25. The molecule has 28 heavy (non-hydrogen) atoms. The van der Waals surface area contributed by atoms with E-state index in [1.165, 1.54) is 6.42 Å². The number of carbonyl (C=O) groups is 2. The normalized spacial score (nSPS) is 15.8. The lowest BCUT2D eigenvalue weighted by atomic mass is 9.96. The SMILES string of the molecule is C[C@H]([NH2+]C(c1ccccc1)c1ccccc1)C(=O)NC(=O)NC1CCCCC1. The number of carbonyl (C=O) groups excluding carboxylic acids is 2. The quantitative estimate of drug-likeness (QED) is 0.721. The van der Waals surface area contributed by atoms with Gasteiger partial charge in [-0.05, 0) is 19.8 Å². The largest absolute Gasteiger partial charge is 0.335 e. The number of amides is 3. The summed E-state index contributed by atoms with van der Waals surface area (Å²) < 4.78 is 0. The van der Waals surface area contributed by atoms with Crippen molar-refractivity contribution in [2.24, 2.45) is 0 Å². The van der Waals surface area contributed by atoms with E-state index in [0.29, 0.717) is 0 Å². The number of urea groups is 1. The molecule has 1 aliphatic rings. The van der Waals surface area contributed by atoms with Crippen LogP contribution in [-0.2, 0) is 4.79 Å². The third-order valence-corrected chi connectivity index (χ3v) is 5.39. The fourth-order valence-electron chi connectivity index (χ4n) is 3.81. The summed E-state index contributed by atoms with van der Waals surface area (Å²) in [6, 6.07) is 19.6. The number of hydrogen-bond donors (Lipinski definition) is 3. The fourth-order valence-corrected chi connectivity index (χ4v) is 3.81. The van der Waals surface area contributed by atoms with E-state index in [4.69, 9.17) is 0 Å². The van der Waals surface area contributed by atoms with Gasteiger partial charge >= 0.3 is 6.03 Å². The van der Waals surface area contributed by atoms with Crippen LogP contribution in [0.3, 0.4) is 0 Å². The second kappa shape index (κ2) is 10.0. The van der Waals surface area contributed by atoms with E-state index in [0.717, 1.165) is 36.8 Å². The first-order valence-corrected chi connectivity index (χ1v) is 10.2. The minimum atomic E-state index is -0.400. The number of quaternary nitrogens is 1. The van der Waals surface area contributed by atoms with Gasteiger partial charge < -0.3 is 10.6 Å². The van der Waals surface area contributed by atoms with Crippen molar-refractivity contribution in [2.75, 3.05) is 0 Å². The van der Waals surface area contributed by atoms with Gasteiger partial charge in [0.05, 0.1) is 0 Å². The van der Waals surface area contributed by atoms with Crippen LogP contribution >= 0.6 is 0 Å². The van der Waals surface area contributed by atoms with Crippen LogP contribution in [0.25, 0.3) is 0 Å². The molecule has 0 heterocycles. The molecule has 5 heteroatoms. The van der Waals surface area contributed by atoms with Crippen molar-refractivity contribution in [3.63, 3.8) is 0 Å². The second-order valence-electron chi connectivity index (χ2n) is 7.58. The van der Waals surface area contributed by atoms with Crippen molar-refractivity contribution in [2.45, 2.75) is 57.2 Å². The molecule has 2 aromatic carbocycles. The van der Waals surface area contributed by atoms with Gasteiger partial charge in [-0.2, -0.15) is 0 Å². The van der Waals surface area contributed by atoms with Gasteiger partial charge in [0.1, 0.15) is 6.04 Å². The highest BCUT2D eigenvalue weighted by Crippen LogP contribution is 2.18. The third kappa shape index (κ3) is 5.67. The Morgan fingerprint density at radius 2 is 1.43 bits per heavy atom. The van der Waals surface area contributed by atoms with Gasteiger partial charge in [0.15, 0.2) is 6.04 Å². The van der Waals surface area contributed by atoms with Crippen molar-refractivity contribution in [1.29, 1.82) is 0 Å². The molecule has 3 rings (SSSR count). The van der Waals surface area contributed by atoms with Crippen LogP contribution < -0.4 is 16.0 Å². The van der Waals surface area contributed by atoms with E-state index in [-0.39, 0.29) is 24.0 Å². The van der Waals surface area contributed by atoms with Gasteiger partial charge in [0.2, 0.25) is 0 Å². The van der Waals surface area contributed by atoms with E-state index in [2.05, 4.69) is 34.9 Å². The lowest BCUT2D eigenvalue weighted by Crippen LogP contribution is -2.93. The molecule has 4 N–H and O–H groups in total. The minimum Gasteiger partial charge on any atom is -0.335 e. The highest BCUT2D eigenvalue weighted by Gasteiger charge is 2.26. The summed E-state index contributed by atoms with van der Waals surface area (Å²) >= 11 is 0. The Kier molecular flexibility index (Phi) is 7.20. The number of imide groups is 1. The van der Waals surface area contributed by atoms with Crippen LogP contribution in [-0.4, -0.2) is 24.0 Å². The monoisotopic (exact) mass is 380 g/mol. The first-order valence-electron chi connectivity index (χ1n) is 10.2. The summed E-state index contributed by atoms with van der Waals surface area (Å²) in [4.78, 5) is 24.8. The smallest absolute Gasteiger partial charge is 0.321 e. The summed E-state index contributed by atoms with van der Waals surface area (Å²) in [5, 5.41) is 7.46. The van der Waals surface area contributed by atoms with Crippen LogP contribution in [0.4, 0.5) is 4.79 Å². The van der Waals surface area contributed by atoms with Crippen LogP contribution in [0.15, 0.2) is 60.7 Å². The van der Waals surface area contributed by atoms with E-state index >= 15 is 0 Å². The topological polar surface area (TPSA) is 74.8 Å². The zero-order chi connectivity index (χ0) is 19.8. The van der Waals surface area contributed by atoms with Gasteiger partial charge in [-0.15, -0.1) is 0 Å². The number of benzene rings is 2. The molecule has 1 saturated carbocycles. The zero-order valence-electron chi connectivity index (χ0n) is 16.4. The van der Waals surface area contributed by atoms with Gasteiger partial charge in [-0.1, -0.05) is 79.9 Å². The third-order valence-electron chi connectivity index (χ3n) is 5.39. The van der Waals surface area contributed by atoms with Gasteiger partial charge in [-0.3, -0.25) is 10.1 Å². The number of rotatable bonds is 6. The van der Waals surface area contributed by atoms with Crippen molar-refractivity contribution in [3.8, 4) is 0 Å².